The van der Waals surface area contributed by atoms with E-state index >= 15 is 0 Å². The predicted octanol–water partition coefficient (Wildman–Crippen LogP) is 2.75. The predicted molar refractivity (Wildman–Crippen MR) is 109 cm³/mol. The molecule has 0 aliphatic carbocycles. The third kappa shape index (κ3) is 4.00. The summed E-state index contributed by atoms with van der Waals surface area (Å²) in [6, 6.07) is 3.92. The van der Waals surface area contributed by atoms with Crippen LogP contribution in [0.4, 0.5) is 20.5 Å². The Hall–Kier alpha value is -3.01. The van der Waals surface area contributed by atoms with Gasteiger partial charge in [0.1, 0.15) is 11.6 Å². The molecule has 0 amide bonds. The first-order chi connectivity index (χ1) is 14.6. The topological polar surface area (TPSA) is 91.3 Å². The van der Waals surface area contributed by atoms with Gasteiger partial charge >= 0.3 is 6.01 Å². The lowest BCUT2D eigenvalue weighted by Gasteiger charge is -2.28. The number of halogens is 2. The Bertz CT molecular complexity index is 1020. The SMILES string of the molecule is CCCCOc1nc(N)c2nc(N3CCOCC3)n(Cc3c(F)cccc3F)c2n1. The molecule has 0 bridgehead atoms. The molecule has 2 aromatic heterocycles. The zero-order valence-corrected chi connectivity index (χ0v) is 16.8. The minimum absolute atomic E-state index is 0.0723. The fourth-order valence-electron chi connectivity index (χ4n) is 3.35. The molecule has 0 atom stereocenters. The number of morpholine rings is 1. The normalized spacial score (nSPS) is 14.4. The van der Waals surface area contributed by atoms with Crippen molar-refractivity contribution < 1.29 is 18.3 Å². The summed E-state index contributed by atoms with van der Waals surface area (Å²) in [5, 5.41) is 0. The highest BCUT2D eigenvalue weighted by molar-refractivity contribution is 5.85. The molecule has 0 unspecified atom stereocenters. The van der Waals surface area contributed by atoms with Crippen LogP contribution >= 0.6 is 0 Å². The van der Waals surface area contributed by atoms with Crippen molar-refractivity contribution in [3.8, 4) is 6.01 Å². The molecule has 160 valence electrons. The fourth-order valence-corrected chi connectivity index (χ4v) is 3.35. The fraction of sp³-hybridized carbons (Fsp3) is 0.450. The molecule has 1 aliphatic heterocycles. The van der Waals surface area contributed by atoms with Crippen molar-refractivity contribution in [3.05, 3.63) is 35.4 Å². The van der Waals surface area contributed by atoms with E-state index in [0.29, 0.717) is 50.0 Å². The van der Waals surface area contributed by atoms with Gasteiger partial charge in [0, 0.05) is 18.7 Å². The van der Waals surface area contributed by atoms with E-state index in [9.17, 15) is 8.78 Å². The Morgan fingerprint density at radius 3 is 2.57 bits per heavy atom. The van der Waals surface area contributed by atoms with Gasteiger partial charge in [0.25, 0.3) is 0 Å². The second-order valence-electron chi connectivity index (χ2n) is 7.06. The summed E-state index contributed by atoms with van der Waals surface area (Å²) in [5.74, 6) is -0.589. The van der Waals surface area contributed by atoms with Crippen molar-refractivity contribution in [3.63, 3.8) is 0 Å². The van der Waals surface area contributed by atoms with Gasteiger partial charge in [0.05, 0.1) is 26.4 Å². The smallest absolute Gasteiger partial charge is 0.320 e. The van der Waals surface area contributed by atoms with Gasteiger partial charge in [-0.3, -0.25) is 4.57 Å². The molecular formula is C20H24F2N6O2. The maximum Gasteiger partial charge on any atom is 0.320 e. The molecule has 1 aromatic carbocycles. The van der Waals surface area contributed by atoms with Crippen LogP contribution in [0.1, 0.15) is 25.3 Å². The number of rotatable bonds is 7. The highest BCUT2D eigenvalue weighted by Gasteiger charge is 2.24. The van der Waals surface area contributed by atoms with E-state index in [-0.39, 0.29) is 23.9 Å². The van der Waals surface area contributed by atoms with Crippen molar-refractivity contribution in [1.29, 1.82) is 0 Å². The van der Waals surface area contributed by atoms with Gasteiger partial charge in [0.2, 0.25) is 5.95 Å². The summed E-state index contributed by atoms with van der Waals surface area (Å²) in [4.78, 5) is 15.3. The van der Waals surface area contributed by atoms with E-state index in [2.05, 4.69) is 21.9 Å². The van der Waals surface area contributed by atoms with E-state index in [1.165, 1.54) is 18.2 Å². The maximum atomic E-state index is 14.4. The van der Waals surface area contributed by atoms with Gasteiger partial charge < -0.3 is 20.1 Å². The van der Waals surface area contributed by atoms with Crippen LogP contribution in [0.25, 0.3) is 11.2 Å². The highest BCUT2D eigenvalue weighted by Crippen LogP contribution is 2.29. The van der Waals surface area contributed by atoms with Crippen LogP contribution < -0.4 is 15.4 Å². The molecule has 0 saturated carbocycles. The lowest BCUT2D eigenvalue weighted by atomic mass is 10.2. The van der Waals surface area contributed by atoms with Gasteiger partial charge in [-0.15, -0.1) is 0 Å². The van der Waals surface area contributed by atoms with Crippen LogP contribution in [0.5, 0.6) is 6.01 Å². The number of aromatic nitrogens is 4. The van der Waals surface area contributed by atoms with Crippen molar-refractivity contribution in [2.45, 2.75) is 26.3 Å². The summed E-state index contributed by atoms with van der Waals surface area (Å²) in [6.45, 7) is 4.66. The van der Waals surface area contributed by atoms with E-state index in [0.717, 1.165) is 12.8 Å². The Morgan fingerprint density at radius 1 is 1.13 bits per heavy atom. The number of fused-ring (bicyclic) bond motifs is 1. The molecule has 3 aromatic rings. The number of nitrogen functional groups attached to an aromatic ring is 1. The molecule has 2 N–H and O–H groups in total. The second kappa shape index (κ2) is 8.78. The number of hydrogen-bond donors (Lipinski definition) is 1. The zero-order chi connectivity index (χ0) is 21.1. The standard InChI is InChI=1S/C20H24F2N6O2/c1-2-3-9-30-19-25-17(23)16-18(26-19)28(12-13-14(21)5-4-6-15(13)22)20(24-16)27-7-10-29-11-8-27/h4-6H,2-3,7-12H2,1H3,(H2,23,25,26). The molecule has 4 rings (SSSR count). The first kappa shape index (κ1) is 20.3. The zero-order valence-electron chi connectivity index (χ0n) is 16.8. The Morgan fingerprint density at radius 2 is 1.87 bits per heavy atom. The van der Waals surface area contributed by atoms with Crippen molar-refractivity contribution in [2.75, 3.05) is 43.5 Å². The van der Waals surface area contributed by atoms with Crippen LogP contribution in [0, 0.1) is 11.6 Å². The summed E-state index contributed by atoms with van der Waals surface area (Å²) in [5.41, 5.74) is 6.80. The van der Waals surface area contributed by atoms with E-state index in [1.807, 2.05) is 4.90 Å². The number of imidazole rings is 1. The molecule has 8 nitrogen and oxygen atoms in total. The molecular weight excluding hydrogens is 394 g/mol. The quantitative estimate of drug-likeness (QED) is 0.590. The number of nitrogens with zero attached hydrogens (tertiary/aromatic N) is 5. The average molecular weight is 418 g/mol. The Kier molecular flexibility index (Phi) is 5.93. The summed E-state index contributed by atoms with van der Waals surface area (Å²) >= 11 is 0. The number of nitrogens with two attached hydrogens (primary N) is 1. The van der Waals surface area contributed by atoms with Crippen molar-refractivity contribution >= 4 is 22.9 Å². The van der Waals surface area contributed by atoms with Crippen LogP contribution in [-0.4, -0.2) is 52.4 Å². The molecule has 1 fully saturated rings. The number of hydrogen-bond acceptors (Lipinski definition) is 7. The minimum Gasteiger partial charge on any atom is -0.463 e. The lowest BCUT2D eigenvalue weighted by Crippen LogP contribution is -2.38. The Balaban J connectivity index is 1.82. The van der Waals surface area contributed by atoms with Crippen molar-refractivity contribution in [1.82, 2.24) is 19.5 Å². The van der Waals surface area contributed by atoms with E-state index in [1.54, 1.807) is 4.57 Å². The molecule has 3 heterocycles. The second-order valence-corrected chi connectivity index (χ2v) is 7.06. The third-order valence-corrected chi connectivity index (χ3v) is 4.98. The third-order valence-electron chi connectivity index (χ3n) is 4.98. The first-order valence-corrected chi connectivity index (χ1v) is 10.0. The summed E-state index contributed by atoms with van der Waals surface area (Å²) < 4.78 is 41.5. The van der Waals surface area contributed by atoms with E-state index < -0.39 is 11.6 Å². The average Bonchev–Trinajstić information content (AvgIpc) is 3.11. The Labute approximate surface area is 172 Å². The molecule has 30 heavy (non-hydrogen) atoms. The van der Waals surface area contributed by atoms with Gasteiger partial charge in [-0.1, -0.05) is 19.4 Å². The van der Waals surface area contributed by atoms with Gasteiger partial charge in [-0.25, -0.2) is 13.8 Å². The van der Waals surface area contributed by atoms with Gasteiger partial charge in [-0.2, -0.15) is 9.97 Å². The molecule has 1 saturated heterocycles. The van der Waals surface area contributed by atoms with E-state index in [4.69, 9.17) is 15.2 Å². The number of unbranched alkanes of at least 4 members (excludes halogenated alkanes) is 1. The first-order valence-electron chi connectivity index (χ1n) is 10.0. The highest BCUT2D eigenvalue weighted by atomic mass is 19.1. The van der Waals surface area contributed by atoms with Gasteiger partial charge in [0.15, 0.2) is 17.0 Å². The van der Waals surface area contributed by atoms with Gasteiger partial charge in [-0.05, 0) is 18.6 Å². The maximum absolute atomic E-state index is 14.4. The summed E-state index contributed by atoms with van der Waals surface area (Å²) in [7, 11) is 0. The molecule has 0 radical (unpaired) electrons. The monoisotopic (exact) mass is 418 g/mol. The largest absolute Gasteiger partial charge is 0.463 e. The van der Waals surface area contributed by atoms with Crippen LogP contribution in [0.3, 0.4) is 0 Å². The van der Waals surface area contributed by atoms with Crippen molar-refractivity contribution in [2.24, 2.45) is 0 Å². The number of anilines is 2. The lowest BCUT2D eigenvalue weighted by molar-refractivity contribution is 0.121. The van der Waals surface area contributed by atoms with Crippen LogP contribution in [-0.2, 0) is 11.3 Å². The molecule has 10 heteroatoms. The molecule has 1 aliphatic rings. The summed E-state index contributed by atoms with van der Waals surface area (Å²) in [6.07, 6.45) is 1.81. The minimum atomic E-state index is -0.633. The number of ether oxygens (including phenoxy) is 2. The van der Waals surface area contributed by atoms with Crippen LogP contribution in [0.15, 0.2) is 18.2 Å². The van der Waals surface area contributed by atoms with Crippen LogP contribution in [0.2, 0.25) is 0 Å². The molecule has 0 spiro atoms. The number of benzene rings is 1.